The molecule has 1 aromatic heterocycles. The van der Waals surface area contributed by atoms with E-state index in [1.165, 1.54) is 22.9 Å². The molecule has 0 N–H and O–H groups in total. The number of aromatic nitrogens is 2. The van der Waals surface area contributed by atoms with Gasteiger partial charge in [-0.05, 0) is 18.2 Å². The molecular formula is C18H15FN2O2. The van der Waals surface area contributed by atoms with Crippen LogP contribution in [0.25, 0.3) is 11.3 Å². The summed E-state index contributed by atoms with van der Waals surface area (Å²) in [6.45, 7) is 0.518. The van der Waals surface area contributed by atoms with E-state index in [1.54, 1.807) is 18.2 Å². The second-order valence-corrected chi connectivity index (χ2v) is 4.95. The van der Waals surface area contributed by atoms with Crippen molar-refractivity contribution >= 4 is 0 Å². The quantitative estimate of drug-likeness (QED) is 0.727. The number of ether oxygens (including phenoxy) is 1. The molecule has 0 bridgehead atoms. The largest absolute Gasteiger partial charge is 0.492 e. The third-order valence-corrected chi connectivity index (χ3v) is 3.30. The third kappa shape index (κ3) is 3.83. The van der Waals surface area contributed by atoms with Crippen LogP contribution in [-0.2, 0) is 6.54 Å². The zero-order valence-corrected chi connectivity index (χ0v) is 12.4. The van der Waals surface area contributed by atoms with Gasteiger partial charge in [0.1, 0.15) is 18.2 Å². The molecule has 0 amide bonds. The first-order valence-electron chi connectivity index (χ1n) is 7.24. The highest BCUT2D eigenvalue weighted by molar-refractivity contribution is 5.57. The van der Waals surface area contributed by atoms with Crippen LogP contribution in [0.4, 0.5) is 4.39 Å². The van der Waals surface area contributed by atoms with Crippen molar-refractivity contribution in [3.63, 3.8) is 0 Å². The van der Waals surface area contributed by atoms with Crippen LogP contribution >= 0.6 is 0 Å². The van der Waals surface area contributed by atoms with Crippen LogP contribution in [0.15, 0.2) is 71.5 Å². The van der Waals surface area contributed by atoms with Crippen molar-refractivity contribution in [1.82, 2.24) is 9.78 Å². The molecule has 0 unspecified atom stereocenters. The molecule has 4 nitrogen and oxygen atoms in total. The van der Waals surface area contributed by atoms with Crippen molar-refractivity contribution in [2.45, 2.75) is 6.54 Å². The molecule has 3 aromatic rings. The molecule has 0 aliphatic carbocycles. The first-order valence-corrected chi connectivity index (χ1v) is 7.24. The highest BCUT2D eigenvalue weighted by Gasteiger charge is 2.04. The summed E-state index contributed by atoms with van der Waals surface area (Å²) in [5.74, 6) is 0.0705. The Balaban J connectivity index is 1.71. The number of rotatable bonds is 5. The minimum absolute atomic E-state index is 0.201. The maximum atomic E-state index is 13.1. The molecular weight excluding hydrogens is 295 g/mol. The second kappa shape index (κ2) is 6.87. The van der Waals surface area contributed by atoms with E-state index in [1.807, 2.05) is 30.3 Å². The zero-order valence-electron chi connectivity index (χ0n) is 12.4. The lowest BCUT2D eigenvalue weighted by Crippen LogP contribution is -2.25. The predicted octanol–water partition coefficient (Wildman–Crippen LogP) is 3.13. The zero-order chi connectivity index (χ0) is 16.1. The lowest BCUT2D eigenvalue weighted by atomic mass is 10.1. The summed E-state index contributed by atoms with van der Waals surface area (Å²) in [5, 5.41) is 4.34. The minimum atomic E-state index is -0.358. The fourth-order valence-corrected chi connectivity index (χ4v) is 2.18. The highest BCUT2D eigenvalue weighted by atomic mass is 19.1. The average molecular weight is 310 g/mol. The first-order chi connectivity index (χ1) is 11.2. The van der Waals surface area contributed by atoms with Crippen molar-refractivity contribution in [3.05, 3.63) is 82.9 Å². The number of hydrogen-bond donors (Lipinski definition) is 0. The van der Waals surface area contributed by atoms with E-state index in [4.69, 9.17) is 4.74 Å². The van der Waals surface area contributed by atoms with Crippen molar-refractivity contribution in [2.75, 3.05) is 6.61 Å². The Kier molecular flexibility index (Phi) is 4.47. The summed E-state index contributed by atoms with van der Waals surface area (Å²) in [6.07, 6.45) is 0. The summed E-state index contributed by atoms with van der Waals surface area (Å²) in [7, 11) is 0. The molecule has 116 valence electrons. The monoisotopic (exact) mass is 310 g/mol. The van der Waals surface area contributed by atoms with Gasteiger partial charge in [-0.2, -0.15) is 5.10 Å². The van der Waals surface area contributed by atoms with Crippen LogP contribution in [0, 0.1) is 5.82 Å². The van der Waals surface area contributed by atoms with Crippen LogP contribution in [0.3, 0.4) is 0 Å². The highest BCUT2D eigenvalue weighted by Crippen LogP contribution is 2.14. The molecule has 3 rings (SSSR count). The van der Waals surface area contributed by atoms with Gasteiger partial charge in [0.2, 0.25) is 0 Å². The molecule has 0 saturated carbocycles. The maximum Gasteiger partial charge on any atom is 0.266 e. The number of nitrogens with zero attached hydrogens (tertiary/aromatic N) is 2. The number of hydrogen-bond acceptors (Lipinski definition) is 3. The van der Waals surface area contributed by atoms with Gasteiger partial charge in [-0.25, -0.2) is 9.07 Å². The Hall–Kier alpha value is -2.95. The number of benzene rings is 2. The van der Waals surface area contributed by atoms with Gasteiger partial charge in [0.25, 0.3) is 5.56 Å². The molecule has 0 aliphatic heterocycles. The van der Waals surface area contributed by atoms with Gasteiger partial charge >= 0.3 is 0 Å². The first kappa shape index (κ1) is 15.0. The maximum absolute atomic E-state index is 13.1. The summed E-state index contributed by atoms with van der Waals surface area (Å²) in [6, 6.07) is 18.7. The van der Waals surface area contributed by atoms with E-state index in [9.17, 15) is 9.18 Å². The molecule has 0 fully saturated rings. The van der Waals surface area contributed by atoms with E-state index in [0.29, 0.717) is 5.75 Å². The molecule has 2 aromatic carbocycles. The molecule has 1 heterocycles. The van der Waals surface area contributed by atoms with Crippen molar-refractivity contribution < 1.29 is 9.13 Å². The summed E-state index contributed by atoms with van der Waals surface area (Å²) in [5.41, 5.74) is 1.45. The fourth-order valence-electron chi connectivity index (χ4n) is 2.18. The Morgan fingerprint density at radius 1 is 1.00 bits per heavy atom. The standard InChI is InChI=1S/C18H15FN2O2/c19-15-7-4-8-16(13-15)23-12-11-21-18(22)10-9-17(20-21)14-5-2-1-3-6-14/h1-10,13H,11-12H2. The normalized spacial score (nSPS) is 10.5. The van der Waals surface area contributed by atoms with Crippen LogP contribution in [0.1, 0.15) is 0 Å². The molecule has 0 saturated heterocycles. The van der Waals surface area contributed by atoms with Crippen LogP contribution in [0.2, 0.25) is 0 Å². The average Bonchev–Trinajstić information content (AvgIpc) is 2.57. The van der Waals surface area contributed by atoms with E-state index in [-0.39, 0.29) is 24.5 Å². The van der Waals surface area contributed by atoms with Crippen molar-refractivity contribution in [3.8, 4) is 17.0 Å². The van der Waals surface area contributed by atoms with E-state index in [2.05, 4.69) is 5.10 Å². The topological polar surface area (TPSA) is 44.1 Å². The van der Waals surface area contributed by atoms with Gasteiger partial charge in [-0.15, -0.1) is 0 Å². The van der Waals surface area contributed by atoms with Gasteiger partial charge in [-0.1, -0.05) is 36.4 Å². The second-order valence-electron chi connectivity index (χ2n) is 4.95. The van der Waals surface area contributed by atoms with Crippen molar-refractivity contribution in [1.29, 1.82) is 0 Å². The Morgan fingerprint density at radius 2 is 1.83 bits per heavy atom. The van der Waals surface area contributed by atoms with E-state index >= 15 is 0 Å². The fraction of sp³-hybridized carbons (Fsp3) is 0.111. The molecule has 0 radical (unpaired) electrons. The smallest absolute Gasteiger partial charge is 0.266 e. The van der Waals surface area contributed by atoms with Gasteiger partial charge in [0, 0.05) is 17.7 Å². The summed E-state index contributed by atoms with van der Waals surface area (Å²) >= 11 is 0. The number of halogens is 1. The van der Waals surface area contributed by atoms with Gasteiger partial charge in [0.05, 0.1) is 12.2 Å². The summed E-state index contributed by atoms with van der Waals surface area (Å²) in [4.78, 5) is 11.9. The molecule has 0 spiro atoms. The van der Waals surface area contributed by atoms with Crippen LogP contribution < -0.4 is 10.3 Å². The van der Waals surface area contributed by atoms with Gasteiger partial charge in [-0.3, -0.25) is 4.79 Å². The lowest BCUT2D eigenvalue weighted by Gasteiger charge is -2.09. The van der Waals surface area contributed by atoms with Gasteiger partial charge < -0.3 is 4.74 Å². The Labute approximate surface area is 132 Å². The Morgan fingerprint density at radius 3 is 2.61 bits per heavy atom. The van der Waals surface area contributed by atoms with Crippen LogP contribution in [0.5, 0.6) is 5.75 Å². The lowest BCUT2D eigenvalue weighted by molar-refractivity contribution is 0.287. The summed E-state index contributed by atoms with van der Waals surface area (Å²) < 4.78 is 19.9. The van der Waals surface area contributed by atoms with Gasteiger partial charge in [0.15, 0.2) is 0 Å². The molecule has 23 heavy (non-hydrogen) atoms. The van der Waals surface area contributed by atoms with E-state index < -0.39 is 0 Å². The third-order valence-electron chi connectivity index (χ3n) is 3.30. The Bertz CT molecular complexity index is 847. The van der Waals surface area contributed by atoms with E-state index in [0.717, 1.165) is 11.3 Å². The molecule has 5 heteroatoms. The minimum Gasteiger partial charge on any atom is -0.492 e. The molecule has 0 atom stereocenters. The molecule has 0 aliphatic rings. The van der Waals surface area contributed by atoms with Crippen molar-refractivity contribution in [2.24, 2.45) is 0 Å². The predicted molar refractivity (Wildman–Crippen MR) is 85.8 cm³/mol. The SMILES string of the molecule is O=c1ccc(-c2ccccc2)nn1CCOc1cccc(F)c1. The van der Waals surface area contributed by atoms with Crippen LogP contribution in [-0.4, -0.2) is 16.4 Å².